The van der Waals surface area contributed by atoms with Crippen molar-refractivity contribution in [2.45, 2.75) is 13.5 Å². The third-order valence-corrected chi connectivity index (χ3v) is 3.17. The summed E-state index contributed by atoms with van der Waals surface area (Å²) in [4.78, 5) is 0. The molecule has 3 N–H and O–H groups in total. The maximum Gasteiger partial charge on any atom is 0.127 e. The third kappa shape index (κ3) is 3.15. The van der Waals surface area contributed by atoms with Crippen molar-refractivity contribution in [1.82, 2.24) is 0 Å². The van der Waals surface area contributed by atoms with Gasteiger partial charge in [-0.3, -0.25) is 0 Å². The van der Waals surface area contributed by atoms with Gasteiger partial charge in [-0.05, 0) is 36.8 Å². The minimum absolute atomic E-state index is 0.639. The maximum absolute atomic E-state index is 5.99. The molecule has 20 heavy (non-hydrogen) atoms. The van der Waals surface area contributed by atoms with Crippen LogP contribution in [0.4, 0.5) is 11.4 Å². The molecule has 0 aromatic heterocycles. The summed E-state index contributed by atoms with van der Waals surface area (Å²) in [6.07, 6.45) is 0. The first kappa shape index (κ1) is 14.1. The van der Waals surface area contributed by atoms with Crippen LogP contribution in [0.2, 0.25) is 0 Å². The number of methoxy groups -OCH3 is 2. The van der Waals surface area contributed by atoms with Crippen LogP contribution in [0.3, 0.4) is 0 Å². The molecule has 0 bridgehead atoms. The first-order valence-corrected chi connectivity index (χ1v) is 6.45. The van der Waals surface area contributed by atoms with Crippen LogP contribution in [-0.2, 0) is 6.54 Å². The van der Waals surface area contributed by atoms with Gasteiger partial charge < -0.3 is 20.5 Å². The van der Waals surface area contributed by atoms with E-state index in [4.69, 9.17) is 15.2 Å². The molecule has 0 radical (unpaired) electrons. The maximum atomic E-state index is 5.99. The second-order valence-corrected chi connectivity index (χ2v) is 4.62. The lowest BCUT2D eigenvalue weighted by molar-refractivity contribution is 0.391. The normalized spacial score (nSPS) is 10.2. The second-order valence-electron chi connectivity index (χ2n) is 4.62. The molecule has 0 amide bonds. The topological polar surface area (TPSA) is 56.5 Å². The number of nitrogens with one attached hydrogen (secondary N) is 1. The SMILES string of the molecule is COc1ccc(CNc2ccc(C)cc2N)c(OC)c1. The van der Waals surface area contributed by atoms with Crippen molar-refractivity contribution in [3.05, 3.63) is 47.5 Å². The number of ether oxygens (including phenoxy) is 2. The average Bonchev–Trinajstić information content (AvgIpc) is 2.46. The first-order valence-electron chi connectivity index (χ1n) is 6.45. The number of nitrogen functional groups attached to an aromatic ring is 1. The Morgan fingerprint density at radius 2 is 1.85 bits per heavy atom. The van der Waals surface area contributed by atoms with Gasteiger partial charge in [0.15, 0.2) is 0 Å². The van der Waals surface area contributed by atoms with Crippen LogP contribution in [0.25, 0.3) is 0 Å². The highest BCUT2D eigenvalue weighted by molar-refractivity contribution is 5.67. The van der Waals surface area contributed by atoms with E-state index >= 15 is 0 Å². The summed E-state index contributed by atoms with van der Waals surface area (Å²) in [5, 5.41) is 3.32. The van der Waals surface area contributed by atoms with Gasteiger partial charge in [-0.15, -0.1) is 0 Å². The van der Waals surface area contributed by atoms with Gasteiger partial charge in [0.2, 0.25) is 0 Å². The van der Waals surface area contributed by atoms with E-state index in [-0.39, 0.29) is 0 Å². The number of hydrogen-bond donors (Lipinski definition) is 2. The van der Waals surface area contributed by atoms with E-state index in [2.05, 4.69) is 5.32 Å². The van der Waals surface area contributed by atoms with Gasteiger partial charge in [0.1, 0.15) is 11.5 Å². The number of rotatable bonds is 5. The Kier molecular flexibility index (Phi) is 4.35. The zero-order valence-corrected chi connectivity index (χ0v) is 12.1. The Labute approximate surface area is 119 Å². The summed E-state index contributed by atoms with van der Waals surface area (Å²) in [5.41, 5.74) is 9.86. The molecule has 2 aromatic carbocycles. The van der Waals surface area contributed by atoms with Crippen molar-refractivity contribution in [2.75, 3.05) is 25.3 Å². The van der Waals surface area contributed by atoms with Gasteiger partial charge in [0, 0.05) is 18.2 Å². The summed E-state index contributed by atoms with van der Waals surface area (Å²) in [6, 6.07) is 11.7. The van der Waals surface area contributed by atoms with Crippen LogP contribution >= 0.6 is 0 Å². The fraction of sp³-hybridized carbons (Fsp3) is 0.250. The molecule has 4 nitrogen and oxygen atoms in total. The fourth-order valence-corrected chi connectivity index (χ4v) is 2.03. The quantitative estimate of drug-likeness (QED) is 0.821. The average molecular weight is 272 g/mol. The van der Waals surface area contributed by atoms with Gasteiger partial charge in [-0.25, -0.2) is 0 Å². The van der Waals surface area contributed by atoms with Crippen LogP contribution in [0.5, 0.6) is 11.5 Å². The van der Waals surface area contributed by atoms with Crippen LogP contribution in [-0.4, -0.2) is 14.2 Å². The monoisotopic (exact) mass is 272 g/mol. The summed E-state index contributed by atoms with van der Waals surface area (Å²) in [5.74, 6) is 1.57. The molecule has 0 atom stereocenters. The van der Waals surface area contributed by atoms with Crippen molar-refractivity contribution < 1.29 is 9.47 Å². The summed E-state index contributed by atoms with van der Waals surface area (Å²) in [7, 11) is 3.29. The van der Waals surface area contributed by atoms with Crippen molar-refractivity contribution in [1.29, 1.82) is 0 Å². The van der Waals surface area contributed by atoms with E-state index in [1.54, 1.807) is 14.2 Å². The third-order valence-electron chi connectivity index (χ3n) is 3.17. The summed E-state index contributed by atoms with van der Waals surface area (Å²) < 4.78 is 10.6. The summed E-state index contributed by atoms with van der Waals surface area (Å²) >= 11 is 0. The van der Waals surface area contributed by atoms with Gasteiger partial charge in [-0.2, -0.15) is 0 Å². The van der Waals surface area contributed by atoms with E-state index in [1.807, 2.05) is 43.3 Å². The molecular formula is C16H20N2O2. The van der Waals surface area contributed by atoms with Crippen molar-refractivity contribution >= 4 is 11.4 Å². The lowest BCUT2D eigenvalue weighted by Gasteiger charge is -2.13. The lowest BCUT2D eigenvalue weighted by atomic mass is 10.1. The molecule has 106 valence electrons. The van der Waals surface area contributed by atoms with Crippen molar-refractivity contribution in [2.24, 2.45) is 0 Å². The zero-order valence-electron chi connectivity index (χ0n) is 12.1. The molecule has 0 aliphatic rings. The van der Waals surface area contributed by atoms with Gasteiger partial charge in [0.05, 0.1) is 25.6 Å². The van der Waals surface area contributed by atoms with Crippen LogP contribution in [0, 0.1) is 6.92 Å². The number of nitrogens with two attached hydrogens (primary N) is 1. The highest BCUT2D eigenvalue weighted by atomic mass is 16.5. The van der Waals surface area contributed by atoms with E-state index in [0.717, 1.165) is 34.0 Å². The lowest BCUT2D eigenvalue weighted by Crippen LogP contribution is -2.04. The standard InChI is InChI=1S/C16H20N2O2/c1-11-4-7-15(14(17)8-11)18-10-12-5-6-13(19-2)9-16(12)20-3/h4-9,18H,10,17H2,1-3H3. The molecule has 0 aliphatic carbocycles. The van der Waals surface area contributed by atoms with Gasteiger partial charge in [-0.1, -0.05) is 6.07 Å². The van der Waals surface area contributed by atoms with Crippen molar-refractivity contribution in [3.63, 3.8) is 0 Å². The predicted molar refractivity (Wildman–Crippen MR) is 82.5 cm³/mol. The Hall–Kier alpha value is -2.36. The Balaban J connectivity index is 2.14. The molecule has 2 aromatic rings. The number of hydrogen-bond acceptors (Lipinski definition) is 4. The molecule has 2 rings (SSSR count). The number of anilines is 2. The molecule has 0 fully saturated rings. The van der Waals surface area contributed by atoms with Gasteiger partial charge >= 0.3 is 0 Å². The highest BCUT2D eigenvalue weighted by Gasteiger charge is 2.06. The van der Waals surface area contributed by atoms with Crippen molar-refractivity contribution in [3.8, 4) is 11.5 Å². The van der Waals surface area contributed by atoms with E-state index < -0.39 is 0 Å². The Morgan fingerprint density at radius 1 is 1.05 bits per heavy atom. The molecule has 0 heterocycles. The number of benzene rings is 2. The molecule has 0 saturated carbocycles. The molecule has 0 saturated heterocycles. The minimum Gasteiger partial charge on any atom is -0.497 e. The largest absolute Gasteiger partial charge is 0.497 e. The predicted octanol–water partition coefficient (Wildman–Crippen LogP) is 3.21. The van der Waals surface area contributed by atoms with E-state index in [1.165, 1.54) is 0 Å². The van der Waals surface area contributed by atoms with Gasteiger partial charge in [0.25, 0.3) is 0 Å². The minimum atomic E-state index is 0.639. The Morgan fingerprint density at radius 3 is 2.50 bits per heavy atom. The highest BCUT2D eigenvalue weighted by Crippen LogP contribution is 2.26. The molecule has 0 spiro atoms. The van der Waals surface area contributed by atoms with E-state index in [9.17, 15) is 0 Å². The second kappa shape index (κ2) is 6.19. The molecular weight excluding hydrogens is 252 g/mol. The Bertz CT molecular complexity index is 597. The van der Waals surface area contributed by atoms with Crippen LogP contribution < -0.4 is 20.5 Å². The molecule has 0 unspecified atom stereocenters. The first-order chi connectivity index (χ1) is 9.63. The zero-order chi connectivity index (χ0) is 14.5. The van der Waals surface area contributed by atoms with Crippen LogP contribution in [0.1, 0.15) is 11.1 Å². The summed E-state index contributed by atoms with van der Waals surface area (Å²) in [6.45, 7) is 2.66. The fourth-order valence-electron chi connectivity index (χ4n) is 2.03. The van der Waals surface area contributed by atoms with E-state index in [0.29, 0.717) is 6.54 Å². The smallest absolute Gasteiger partial charge is 0.127 e. The number of aryl methyl sites for hydroxylation is 1. The molecule has 0 aliphatic heterocycles. The van der Waals surface area contributed by atoms with Crippen LogP contribution in [0.15, 0.2) is 36.4 Å². The molecule has 4 heteroatoms.